The maximum absolute atomic E-state index is 13.6. The highest BCUT2D eigenvalue weighted by atomic mass is 19.1. The Bertz CT molecular complexity index is 905. The second-order valence-electron chi connectivity index (χ2n) is 6.24. The van der Waals surface area contributed by atoms with Gasteiger partial charge in [0.25, 0.3) is 5.91 Å². The van der Waals surface area contributed by atoms with Crippen LogP contribution in [0.1, 0.15) is 15.9 Å². The average Bonchev–Trinajstić information content (AvgIpc) is 3.16. The Hall–Kier alpha value is -2.99. The molecule has 1 aromatic heterocycles. The number of rotatable bonds is 5. The van der Waals surface area contributed by atoms with Crippen molar-refractivity contribution in [1.29, 1.82) is 0 Å². The molecule has 0 radical (unpaired) electrons. The Morgan fingerprint density at radius 3 is 2.77 bits per heavy atom. The molecule has 4 rings (SSSR count). The number of nitrogens with zero attached hydrogens (tertiary/aromatic N) is 3. The number of aromatic nitrogens is 2. The summed E-state index contributed by atoms with van der Waals surface area (Å²) >= 11 is 0. The van der Waals surface area contributed by atoms with Gasteiger partial charge in [0, 0.05) is 36.6 Å². The lowest BCUT2D eigenvalue weighted by molar-refractivity contribution is -0.0509. The zero-order chi connectivity index (χ0) is 17.9. The van der Waals surface area contributed by atoms with Gasteiger partial charge in [-0.3, -0.25) is 4.79 Å². The maximum Gasteiger partial charge on any atom is 0.254 e. The molecule has 0 spiro atoms. The van der Waals surface area contributed by atoms with Gasteiger partial charge in [0.1, 0.15) is 5.82 Å². The third-order valence-electron chi connectivity index (χ3n) is 4.43. The maximum atomic E-state index is 13.6. The number of benzene rings is 2. The van der Waals surface area contributed by atoms with Crippen LogP contribution in [0.3, 0.4) is 0 Å². The number of carbonyl (C=O) groups excluding carboxylic acids is 1. The molecule has 0 N–H and O–H groups in total. The van der Waals surface area contributed by atoms with Crippen LogP contribution in [-0.2, 0) is 11.3 Å². The molecule has 0 atom stereocenters. The highest BCUT2D eigenvalue weighted by Gasteiger charge is 2.32. The van der Waals surface area contributed by atoms with Crippen molar-refractivity contribution in [3.05, 3.63) is 83.9 Å². The Balaban J connectivity index is 1.34. The van der Waals surface area contributed by atoms with Crippen LogP contribution in [-0.4, -0.2) is 39.8 Å². The summed E-state index contributed by atoms with van der Waals surface area (Å²) in [6.45, 7) is 1.24. The van der Waals surface area contributed by atoms with E-state index in [1.807, 2.05) is 30.5 Å². The Morgan fingerprint density at radius 2 is 2.00 bits per heavy atom. The summed E-state index contributed by atoms with van der Waals surface area (Å²) in [5, 5.41) is 4.18. The van der Waals surface area contributed by atoms with E-state index < -0.39 is 0 Å². The lowest BCUT2D eigenvalue weighted by atomic mass is 10.1. The molecule has 6 heteroatoms. The Labute approximate surface area is 150 Å². The van der Waals surface area contributed by atoms with E-state index in [0.29, 0.717) is 24.2 Å². The van der Waals surface area contributed by atoms with Gasteiger partial charge in [-0.25, -0.2) is 9.07 Å². The summed E-state index contributed by atoms with van der Waals surface area (Å²) in [4.78, 5) is 14.3. The van der Waals surface area contributed by atoms with Gasteiger partial charge in [-0.1, -0.05) is 24.3 Å². The first kappa shape index (κ1) is 16.5. The fourth-order valence-electron chi connectivity index (χ4n) is 2.92. The van der Waals surface area contributed by atoms with Gasteiger partial charge in [0.05, 0.1) is 18.4 Å². The summed E-state index contributed by atoms with van der Waals surface area (Å²) in [5.74, 6) is -0.306. The smallest absolute Gasteiger partial charge is 0.254 e. The normalized spacial score (nSPS) is 14.3. The predicted octanol–water partition coefficient (Wildman–Crippen LogP) is 3.05. The van der Waals surface area contributed by atoms with Crippen molar-refractivity contribution < 1.29 is 13.9 Å². The van der Waals surface area contributed by atoms with Gasteiger partial charge in [-0.2, -0.15) is 5.10 Å². The predicted molar refractivity (Wildman–Crippen MR) is 94.4 cm³/mol. The van der Waals surface area contributed by atoms with E-state index in [9.17, 15) is 9.18 Å². The average molecular weight is 351 g/mol. The standard InChI is InChI=1S/C20H18FN3O2/c21-19-8-2-1-5-16(19)14-26-18-12-23(13-18)20(25)15-6-3-7-17(11-15)24-10-4-9-22-24/h1-11,18H,12-14H2. The van der Waals surface area contributed by atoms with Gasteiger partial charge in [0.15, 0.2) is 0 Å². The summed E-state index contributed by atoms with van der Waals surface area (Å²) < 4.78 is 21.0. The molecule has 0 bridgehead atoms. The van der Waals surface area contributed by atoms with Gasteiger partial charge < -0.3 is 9.64 Å². The van der Waals surface area contributed by atoms with Crippen molar-refractivity contribution >= 4 is 5.91 Å². The summed E-state index contributed by atoms with van der Waals surface area (Å²) in [6.07, 6.45) is 3.47. The van der Waals surface area contributed by atoms with Crippen molar-refractivity contribution in [3.8, 4) is 5.69 Å². The fourth-order valence-corrected chi connectivity index (χ4v) is 2.92. The second-order valence-corrected chi connectivity index (χ2v) is 6.24. The van der Waals surface area contributed by atoms with Crippen LogP contribution in [0, 0.1) is 5.82 Å². The van der Waals surface area contributed by atoms with Crippen LogP contribution >= 0.6 is 0 Å². The van der Waals surface area contributed by atoms with Crippen molar-refractivity contribution in [1.82, 2.24) is 14.7 Å². The lowest BCUT2D eigenvalue weighted by Crippen LogP contribution is -2.54. The molecule has 3 aromatic rings. The molecule has 26 heavy (non-hydrogen) atoms. The fraction of sp³-hybridized carbons (Fsp3) is 0.200. The summed E-state index contributed by atoms with van der Waals surface area (Å²) in [6, 6.07) is 15.8. The third kappa shape index (κ3) is 3.36. The minimum absolute atomic E-state index is 0.0373. The number of amides is 1. The summed E-state index contributed by atoms with van der Waals surface area (Å²) in [7, 11) is 0. The van der Waals surface area contributed by atoms with Gasteiger partial charge >= 0.3 is 0 Å². The SMILES string of the molecule is O=C(c1cccc(-n2cccn2)c1)N1CC(OCc2ccccc2F)C1. The third-order valence-corrected chi connectivity index (χ3v) is 4.43. The minimum atomic E-state index is -0.268. The molecule has 0 unspecified atom stereocenters. The van der Waals surface area contributed by atoms with E-state index >= 15 is 0 Å². The van der Waals surface area contributed by atoms with E-state index in [-0.39, 0.29) is 24.4 Å². The van der Waals surface area contributed by atoms with E-state index in [4.69, 9.17) is 4.74 Å². The van der Waals surface area contributed by atoms with Crippen LogP contribution < -0.4 is 0 Å². The van der Waals surface area contributed by atoms with E-state index in [0.717, 1.165) is 5.69 Å². The first-order valence-electron chi connectivity index (χ1n) is 8.45. The van der Waals surface area contributed by atoms with Gasteiger partial charge in [0.2, 0.25) is 0 Å². The number of hydrogen-bond acceptors (Lipinski definition) is 3. The van der Waals surface area contributed by atoms with Crippen molar-refractivity contribution in [2.45, 2.75) is 12.7 Å². The molecule has 0 aliphatic carbocycles. The lowest BCUT2D eigenvalue weighted by Gasteiger charge is -2.39. The number of halogens is 1. The van der Waals surface area contributed by atoms with E-state index in [2.05, 4.69) is 5.10 Å². The van der Waals surface area contributed by atoms with Crippen molar-refractivity contribution in [2.24, 2.45) is 0 Å². The van der Waals surface area contributed by atoms with Gasteiger partial charge in [-0.05, 0) is 30.3 Å². The number of hydrogen-bond donors (Lipinski definition) is 0. The first-order valence-corrected chi connectivity index (χ1v) is 8.45. The zero-order valence-corrected chi connectivity index (χ0v) is 14.1. The van der Waals surface area contributed by atoms with Crippen LogP contribution in [0.15, 0.2) is 67.0 Å². The first-order chi connectivity index (χ1) is 12.7. The largest absolute Gasteiger partial charge is 0.370 e. The molecule has 132 valence electrons. The Morgan fingerprint density at radius 1 is 1.15 bits per heavy atom. The number of carbonyl (C=O) groups is 1. The topological polar surface area (TPSA) is 47.4 Å². The highest BCUT2D eigenvalue weighted by Crippen LogP contribution is 2.19. The molecule has 2 aromatic carbocycles. The molecule has 1 aliphatic rings. The van der Waals surface area contributed by atoms with Crippen LogP contribution in [0.5, 0.6) is 0 Å². The van der Waals surface area contributed by atoms with Crippen LogP contribution in [0.25, 0.3) is 5.69 Å². The molecule has 1 amide bonds. The van der Waals surface area contributed by atoms with Crippen molar-refractivity contribution in [3.63, 3.8) is 0 Å². The quantitative estimate of drug-likeness (QED) is 0.710. The van der Waals surface area contributed by atoms with Crippen LogP contribution in [0.2, 0.25) is 0 Å². The van der Waals surface area contributed by atoms with E-state index in [1.54, 1.807) is 40.0 Å². The molecule has 2 heterocycles. The second kappa shape index (κ2) is 7.09. The Kier molecular flexibility index (Phi) is 4.50. The summed E-state index contributed by atoms with van der Waals surface area (Å²) in [5.41, 5.74) is 1.99. The van der Waals surface area contributed by atoms with Crippen molar-refractivity contribution in [2.75, 3.05) is 13.1 Å². The molecule has 1 saturated heterocycles. The number of likely N-dealkylation sites (tertiary alicyclic amines) is 1. The van der Waals surface area contributed by atoms with Gasteiger partial charge in [-0.15, -0.1) is 0 Å². The minimum Gasteiger partial charge on any atom is -0.370 e. The molecule has 1 fully saturated rings. The highest BCUT2D eigenvalue weighted by molar-refractivity contribution is 5.95. The van der Waals surface area contributed by atoms with E-state index in [1.165, 1.54) is 6.07 Å². The monoisotopic (exact) mass is 351 g/mol. The molecular weight excluding hydrogens is 333 g/mol. The number of ether oxygens (including phenoxy) is 1. The molecular formula is C20H18FN3O2. The van der Waals surface area contributed by atoms with Crippen LogP contribution in [0.4, 0.5) is 4.39 Å². The molecule has 5 nitrogen and oxygen atoms in total. The molecule has 1 aliphatic heterocycles. The zero-order valence-electron chi connectivity index (χ0n) is 14.1. The molecule has 0 saturated carbocycles.